The third-order valence-corrected chi connectivity index (χ3v) is 6.92. The number of rotatable bonds is 7. The van der Waals surface area contributed by atoms with Gasteiger partial charge in [-0.1, -0.05) is 30.3 Å². The van der Waals surface area contributed by atoms with Crippen LogP contribution in [-0.4, -0.2) is 61.9 Å². The summed E-state index contributed by atoms with van der Waals surface area (Å²) in [5, 5.41) is 4.28. The lowest BCUT2D eigenvalue weighted by Gasteiger charge is -2.45. The number of hydrogen-bond donors (Lipinski definition) is 2. The molecule has 0 spiro atoms. The molecule has 2 aliphatic heterocycles. The Kier molecular flexibility index (Phi) is 6.48. The lowest BCUT2D eigenvalue weighted by Crippen LogP contribution is -2.72. The summed E-state index contributed by atoms with van der Waals surface area (Å²) < 4.78 is -0.456. The fourth-order valence-electron chi connectivity index (χ4n) is 4.03. The van der Waals surface area contributed by atoms with Gasteiger partial charge in [-0.2, -0.15) is 0 Å². The second kappa shape index (κ2) is 8.59. The quantitative estimate of drug-likeness (QED) is 0.508. The van der Waals surface area contributed by atoms with Crippen molar-refractivity contribution in [2.45, 2.75) is 82.3 Å². The summed E-state index contributed by atoms with van der Waals surface area (Å²) in [6.45, 7) is 11.8. The van der Waals surface area contributed by atoms with Crippen molar-refractivity contribution in [3.05, 3.63) is 35.9 Å². The predicted molar refractivity (Wildman–Crippen MR) is 118 cm³/mol. The first-order valence-corrected chi connectivity index (χ1v) is 11.3. The van der Waals surface area contributed by atoms with Crippen LogP contribution in [0, 0.1) is 0 Å². The van der Waals surface area contributed by atoms with Gasteiger partial charge in [0.2, 0.25) is 11.8 Å². The van der Waals surface area contributed by atoms with Crippen LogP contribution in [0.4, 0.5) is 0 Å². The van der Waals surface area contributed by atoms with E-state index < -0.39 is 16.8 Å². The van der Waals surface area contributed by atoms with E-state index >= 15 is 0 Å². The Bertz CT molecular complexity index is 812. The Morgan fingerprint density at radius 1 is 1.17 bits per heavy atom. The number of fused-ring (bicyclic) bond motifs is 1. The van der Waals surface area contributed by atoms with Crippen LogP contribution in [-0.2, 0) is 20.8 Å². The smallest absolute Gasteiger partial charge is 0.261 e. The van der Waals surface area contributed by atoms with Crippen LogP contribution in [0.25, 0.3) is 0 Å². The lowest BCUT2D eigenvalue weighted by molar-refractivity contribution is -0.160. The first kappa shape index (κ1) is 22.6. The second-order valence-electron chi connectivity index (χ2n) is 9.05. The van der Waals surface area contributed by atoms with Crippen LogP contribution in [0.15, 0.2) is 30.3 Å². The summed E-state index contributed by atoms with van der Waals surface area (Å²) in [7, 11) is 0. The zero-order valence-electron chi connectivity index (χ0n) is 18.5. The number of thioether (sulfide) groups is 1. The molecule has 0 saturated carbocycles. The molecule has 0 aliphatic carbocycles. The van der Waals surface area contributed by atoms with Crippen LogP contribution in [0.1, 0.15) is 47.1 Å². The Morgan fingerprint density at radius 2 is 1.80 bits per heavy atom. The standard InChI is InChI=1S/C22H32N4O3S/c1-13(2)24-26(14(3)4)20(29)18-22(5,6)30-21-17(19(28)25(18)21)23-16(27)12-15-10-8-7-9-11-15/h7-11,13-14,17-18,21,24H,12H2,1-6H3,(H,23,27)/t17-,18+,21-/m1/s1. The van der Waals surface area contributed by atoms with Crippen molar-refractivity contribution in [2.75, 3.05) is 0 Å². The lowest BCUT2D eigenvalue weighted by atomic mass is 9.94. The normalized spacial score (nSPS) is 24.6. The Morgan fingerprint density at radius 3 is 2.37 bits per heavy atom. The molecule has 2 saturated heterocycles. The van der Waals surface area contributed by atoms with E-state index in [-0.39, 0.29) is 41.6 Å². The molecule has 3 amide bonds. The number of benzene rings is 1. The molecule has 7 nitrogen and oxygen atoms in total. The van der Waals surface area contributed by atoms with Crippen LogP contribution < -0.4 is 10.7 Å². The number of hydrogen-bond acceptors (Lipinski definition) is 5. The van der Waals surface area contributed by atoms with Crippen molar-refractivity contribution in [1.82, 2.24) is 20.7 Å². The fourth-order valence-corrected chi connectivity index (χ4v) is 5.65. The molecule has 1 aromatic carbocycles. The zero-order valence-corrected chi connectivity index (χ0v) is 19.3. The van der Waals surface area contributed by atoms with Crippen LogP contribution >= 0.6 is 11.8 Å². The number of carbonyl (C=O) groups excluding carboxylic acids is 3. The van der Waals surface area contributed by atoms with Gasteiger partial charge in [-0.15, -0.1) is 11.8 Å². The van der Waals surface area contributed by atoms with Gasteiger partial charge in [-0.25, -0.2) is 5.43 Å². The molecule has 2 fully saturated rings. The van der Waals surface area contributed by atoms with E-state index in [0.717, 1.165) is 5.56 Å². The van der Waals surface area contributed by atoms with Crippen molar-refractivity contribution in [3.8, 4) is 0 Å². The van der Waals surface area contributed by atoms with E-state index in [1.807, 2.05) is 71.9 Å². The minimum atomic E-state index is -0.589. The molecule has 3 atom stereocenters. The third kappa shape index (κ3) is 4.34. The van der Waals surface area contributed by atoms with E-state index in [0.29, 0.717) is 0 Å². The molecule has 1 aromatic rings. The Balaban J connectivity index is 1.71. The average Bonchev–Trinajstić information content (AvgIpc) is 2.92. The van der Waals surface area contributed by atoms with Crippen molar-refractivity contribution < 1.29 is 14.4 Å². The largest absolute Gasteiger partial charge is 0.341 e. The summed E-state index contributed by atoms with van der Waals surface area (Å²) in [6.07, 6.45) is 0.229. The van der Waals surface area contributed by atoms with Gasteiger partial charge in [-0.3, -0.25) is 19.4 Å². The second-order valence-corrected chi connectivity index (χ2v) is 10.8. The summed E-state index contributed by atoms with van der Waals surface area (Å²) >= 11 is 1.58. The molecular weight excluding hydrogens is 400 g/mol. The van der Waals surface area contributed by atoms with Gasteiger partial charge in [0.05, 0.1) is 6.42 Å². The molecule has 164 valence electrons. The van der Waals surface area contributed by atoms with Gasteiger partial charge < -0.3 is 10.2 Å². The first-order valence-electron chi connectivity index (χ1n) is 10.5. The minimum Gasteiger partial charge on any atom is -0.341 e. The number of hydrazine groups is 1. The maximum Gasteiger partial charge on any atom is 0.261 e. The highest BCUT2D eigenvalue weighted by molar-refractivity contribution is 8.01. The summed E-state index contributed by atoms with van der Waals surface area (Å²) in [5.74, 6) is -0.482. The van der Waals surface area contributed by atoms with Crippen LogP contribution in [0.2, 0.25) is 0 Å². The molecule has 3 rings (SSSR count). The average molecular weight is 433 g/mol. The third-order valence-electron chi connectivity index (χ3n) is 5.35. The van der Waals surface area contributed by atoms with E-state index in [9.17, 15) is 14.4 Å². The molecule has 8 heteroatoms. The minimum absolute atomic E-state index is 0.0440. The van der Waals surface area contributed by atoms with E-state index in [1.165, 1.54) is 0 Å². The molecular formula is C22H32N4O3S. The Labute approximate surface area is 182 Å². The highest BCUT2D eigenvalue weighted by Gasteiger charge is 2.64. The number of amides is 3. The van der Waals surface area contributed by atoms with E-state index in [2.05, 4.69) is 10.7 Å². The van der Waals surface area contributed by atoms with Gasteiger partial charge in [0, 0.05) is 16.8 Å². The molecule has 0 unspecified atom stereocenters. The first-order chi connectivity index (χ1) is 14.0. The van der Waals surface area contributed by atoms with Gasteiger partial charge in [-0.05, 0) is 47.1 Å². The molecule has 30 heavy (non-hydrogen) atoms. The van der Waals surface area contributed by atoms with Gasteiger partial charge in [0.25, 0.3) is 5.91 Å². The highest BCUT2D eigenvalue weighted by Crippen LogP contribution is 2.51. The maximum absolute atomic E-state index is 13.4. The van der Waals surface area contributed by atoms with Crippen LogP contribution in [0.5, 0.6) is 0 Å². The summed E-state index contributed by atoms with van der Waals surface area (Å²) in [5.41, 5.74) is 4.11. The molecule has 2 N–H and O–H groups in total. The van der Waals surface area contributed by atoms with E-state index in [4.69, 9.17) is 0 Å². The number of nitrogens with one attached hydrogen (secondary N) is 2. The van der Waals surface area contributed by atoms with Crippen molar-refractivity contribution in [3.63, 3.8) is 0 Å². The highest BCUT2D eigenvalue weighted by atomic mass is 32.2. The van der Waals surface area contributed by atoms with Gasteiger partial charge >= 0.3 is 0 Å². The molecule has 0 radical (unpaired) electrons. The molecule has 2 heterocycles. The maximum atomic E-state index is 13.4. The Hall–Kier alpha value is -2.06. The SMILES string of the molecule is CC(C)NN(C(=O)[C@@H]1N2C(=O)[C@@H](NC(=O)Cc3ccccc3)[C@H]2SC1(C)C)C(C)C. The molecule has 0 bridgehead atoms. The number of β-lactam (4-membered cyclic amide) rings is 1. The van der Waals surface area contributed by atoms with Crippen molar-refractivity contribution in [1.29, 1.82) is 0 Å². The number of nitrogens with zero attached hydrogens (tertiary/aromatic N) is 2. The zero-order chi connectivity index (χ0) is 22.2. The van der Waals surface area contributed by atoms with Crippen LogP contribution in [0.3, 0.4) is 0 Å². The van der Waals surface area contributed by atoms with E-state index in [1.54, 1.807) is 21.7 Å². The topological polar surface area (TPSA) is 81.8 Å². The van der Waals surface area contributed by atoms with Gasteiger partial charge in [0.15, 0.2) is 0 Å². The van der Waals surface area contributed by atoms with Crippen molar-refractivity contribution >= 4 is 29.5 Å². The molecule has 0 aromatic heterocycles. The monoisotopic (exact) mass is 432 g/mol. The van der Waals surface area contributed by atoms with Crippen molar-refractivity contribution in [2.24, 2.45) is 0 Å². The predicted octanol–water partition coefficient (Wildman–Crippen LogP) is 1.93. The number of carbonyl (C=O) groups is 3. The summed E-state index contributed by atoms with van der Waals surface area (Å²) in [4.78, 5) is 40.5. The van der Waals surface area contributed by atoms with Gasteiger partial charge in [0.1, 0.15) is 17.5 Å². The fraction of sp³-hybridized carbons (Fsp3) is 0.591. The summed E-state index contributed by atoms with van der Waals surface area (Å²) in [6, 6.07) is 8.34. The molecule has 2 aliphatic rings.